The molecule has 0 aromatic heterocycles. The van der Waals surface area contributed by atoms with Crippen LogP contribution in [0.4, 0.5) is 0 Å². The zero-order valence-corrected chi connectivity index (χ0v) is 86.9. The topological polar surface area (TPSA) is 337 Å². The Bertz CT molecular complexity index is 5240. The molecule has 28 heteroatoms. The van der Waals surface area contributed by atoms with Crippen molar-refractivity contribution in [2.45, 2.75) is 260 Å². The maximum absolute atomic E-state index is 13.4. The summed E-state index contributed by atoms with van der Waals surface area (Å²) in [5.41, 5.74) is 19.0. The van der Waals surface area contributed by atoms with Crippen LogP contribution in [0, 0.1) is 114 Å². The Labute approximate surface area is 847 Å². The smallest absolute Gasteiger partial charge is 0.302 e. The van der Waals surface area contributed by atoms with E-state index >= 15 is 0 Å². The highest BCUT2D eigenvalue weighted by Crippen LogP contribution is 2.68. The summed E-state index contributed by atoms with van der Waals surface area (Å²) in [4.78, 5) is 134. The fraction of sp³-hybridized carbons (Fsp3) is 0.603. The van der Waals surface area contributed by atoms with Gasteiger partial charge in [0.1, 0.15) is 22.4 Å². The van der Waals surface area contributed by atoms with E-state index in [1.54, 1.807) is 13.8 Å². The van der Waals surface area contributed by atoms with Gasteiger partial charge in [0.25, 0.3) is 0 Å². The molecule has 16 bridgehead atoms. The largest absolute Gasteiger partial charge is 0.466 e. The first-order valence-electron chi connectivity index (χ1n) is 53.1. The molecule has 8 saturated heterocycles. The monoisotopic (exact) mass is 1970 g/mol. The maximum atomic E-state index is 13.4. The van der Waals surface area contributed by atoms with E-state index in [0.29, 0.717) is 89.2 Å². The highest BCUT2D eigenvalue weighted by molar-refractivity contribution is 6.01. The van der Waals surface area contributed by atoms with Crippen molar-refractivity contribution in [2.75, 3.05) is 65.6 Å². The van der Waals surface area contributed by atoms with Crippen molar-refractivity contribution in [2.24, 2.45) is 135 Å². The van der Waals surface area contributed by atoms with Gasteiger partial charge in [0, 0.05) is 84.5 Å². The average molecular weight is 1970 g/mol. The Morgan fingerprint density at radius 2 is 0.528 bits per heavy atom. The maximum Gasteiger partial charge on any atom is 0.302 e. The van der Waals surface area contributed by atoms with Crippen molar-refractivity contribution >= 4 is 82.0 Å². The molecule has 0 unspecified atom stereocenters. The zero-order chi connectivity index (χ0) is 102. The van der Waals surface area contributed by atoms with Gasteiger partial charge in [-0.1, -0.05) is 253 Å². The molecule has 8 saturated carbocycles. The van der Waals surface area contributed by atoms with Crippen LogP contribution in [0.25, 0.3) is 0 Å². The van der Waals surface area contributed by atoms with Crippen molar-refractivity contribution in [1.82, 2.24) is 41.3 Å². The molecule has 0 radical (unpaired) electrons. The van der Waals surface area contributed by atoms with Crippen LogP contribution in [0.1, 0.15) is 210 Å². The summed E-state index contributed by atoms with van der Waals surface area (Å²) in [6.45, 7) is 39.7. The average Bonchev–Trinajstić information content (AvgIpc) is 1.54. The summed E-state index contributed by atoms with van der Waals surface area (Å²) in [5, 5.41) is 18.6. The molecule has 16 fully saturated rings. The van der Waals surface area contributed by atoms with Crippen LogP contribution in [0.5, 0.6) is 0 Å². The third kappa shape index (κ3) is 17.2. The zero-order valence-electron chi connectivity index (χ0n) is 86.9. The molecule has 8 aliphatic carbocycles. The standard InChI is InChI=1S/4C27H33N3O3.2C4H8O2/c4*1-25(2)18-9-12-26(25,3)20(15-18)28-29-23(31)21-19-10-13-27(33-19)16-30(24(32)22(21)27)14-11-17-7-5-4-6-8-17;2*1-3-6-4(2)5/h4*4-8,10,13,18-19,21-22H,9,11-12,14-16H2,1-3H3,(H,29,31);2*3H2,1-2H3/b4*28-20+;;/t2*18-,19+,21+,22-,26+,27+;2*18-,19-,21-,22+,26+,27-;;/m1111../s1. The molecule has 768 valence electrons. The fourth-order valence-electron chi connectivity index (χ4n) is 29.5. The van der Waals surface area contributed by atoms with Gasteiger partial charge in [-0.2, -0.15) is 20.4 Å². The van der Waals surface area contributed by atoms with Crippen molar-refractivity contribution in [3.63, 3.8) is 0 Å². The molecule has 12 heterocycles. The van der Waals surface area contributed by atoms with E-state index in [4.69, 9.17) is 18.9 Å². The van der Waals surface area contributed by atoms with E-state index in [-0.39, 0.29) is 127 Å². The highest BCUT2D eigenvalue weighted by atomic mass is 16.5. The lowest BCUT2D eigenvalue weighted by Crippen LogP contribution is -2.43. The quantitative estimate of drug-likeness (QED) is 0.0323. The van der Waals surface area contributed by atoms with Gasteiger partial charge in [0.05, 0.1) is 111 Å². The van der Waals surface area contributed by atoms with Crippen LogP contribution >= 0.6 is 0 Å². The lowest BCUT2D eigenvalue weighted by atomic mass is 9.70. The van der Waals surface area contributed by atoms with Crippen LogP contribution < -0.4 is 21.7 Å². The molecule has 144 heavy (non-hydrogen) atoms. The number of carbonyl (C=O) groups is 10. The first-order valence-corrected chi connectivity index (χ1v) is 53.1. The Balaban J connectivity index is 0.000000117. The van der Waals surface area contributed by atoms with Crippen LogP contribution in [-0.2, 0) is 102 Å². The van der Waals surface area contributed by atoms with Gasteiger partial charge in [-0.25, -0.2) is 21.7 Å². The highest BCUT2D eigenvalue weighted by Gasteiger charge is 2.73. The molecule has 20 aliphatic rings. The summed E-state index contributed by atoms with van der Waals surface area (Å²) < 4.78 is 33.9. The first kappa shape index (κ1) is 102. The number of rotatable bonds is 22. The molecule has 4 aromatic rings. The minimum Gasteiger partial charge on any atom is -0.466 e. The molecule has 4 N–H and O–H groups in total. The molecule has 24 rings (SSSR count). The number of amides is 8. The molecule has 4 aromatic carbocycles. The number of carbonyl (C=O) groups excluding carboxylic acids is 10. The van der Waals surface area contributed by atoms with Gasteiger partial charge in [-0.3, -0.25) is 47.9 Å². The van der Waals surface area contributed by atoms with Gasteiger partial charge in [0.2, 0.25) is 47.3 Å². The molecular formula is C116H148N12O16. The third-order valence-corrected chi connectivity index (χ3v) is 39.9. The number of hydrazone groups is 4. The van der Waals surface area contributed by atoms with Gasteiger partial charge < -0.3 is 48.0 Å². The van der Waals surface area contributed by atoms with E-state index in [9.17, 15) is 47.9 Å². The summed E-state index contributed by atoms with van der Waals surface area (Å²) in [6, 6.07) is 40.7. The van der Waals surface area contributed by atoms with E-state index < -0.39 is 69.7 Å². The van der Waals surface area contributed by atoms with Gasteiger partial charge >= 0.3 is 11.9 Å². The lowest BCUT2D eigenvalue weighted by Gasteiger charge is -2.34. The Hall–Kier alpha value is -10.9. The van der Waals surface area contributed by atoms with Crippen molar-refractivity contribution in [3.8, 4) is 0 Å². The molecule has 24 atom stereocenters. The minimum atomic E-state index is -0.673. The fourth-order valence-corrected chi connectivity index (χ4v) is 29.5. The number of nitrogens with zero attached hydrogens (tertiary/aromatic N) is 8. The number of likely N-dealkylation sites (tertiary alicyclic amines) is 4. The van der Waals surface area contributed by atoms with Crippen molar-refractivity contribution in [1.29, 1.82) is 0 Å². The summed E-state index contributed by atoms with van der Waals surface area (Å²) in [6.07, 6.45) is 30.9. The number of ether oxygens (including phenoxy) is 6. The molecule has 12 aliphatic heterocycles. The predicted octanol–water partition coefficient (Wildman–Crippen LogP) is 14.5. The number of hydrogen-bond donors (Lipinski definition) is 4. The Morgan fingerprint density at radius 3 is 0.688 bits per heavy atom. The summed E-state index contributed by atoms with van der Waals surface area (Å²) in [5.74, 6) is -2.48. The van der Waals surface area contributed by atoms with Crippen LogP contribution in [-0.4, -0.2) is 214 Å². The summed E-state index contributed by atoms with van der Waals surface area (Å²) in [7, 11) is 0. The Morgan fingerprint density at radius 1 is 0.326 bits per heavy atom. The third-order valence-electron chi connectivity index (χ3n) is 39.9. The second-order valence-electron chi connectivity index (χ2n) is 47.5. The normalized spacial score (nSPS) is 38.0. The SMILES string of the molecule is CC1(C)[C@@H]2CC[C@@]1(C)/C(=N/NC(=O)[C@H]1[C@@H]3C=C[C@@]4(CN(CCc5ccccc5)C(=O)[C@@H]14)O3)C2.CC1(C)[C@@H]2CC[C@@]1(C)/C(=N/NC(=O)[C@H]1[C@@H]3C=C[C@@]4(CN(CCc5ccccc5)C(=O)[C@@H]14)O3)C2.CC1(C)[C@@H]2CC[C@@]1(C)/C(=N/NC(=O)[C@H]1[C@H]3C(=O)N(CCc4ccccc4)C[C@]34C=C[C@H]1O4)C2.CC1(C)[C@@H]2CC[C@@]1(C)/C(=N/NC(=O)[C@H]1[C@H]3C(=O)N(CCc4ccccc4)C[C@]34C=C[C@H]1O4)C2.CCOC(C)=O.CCOC(C)=O. The first-order chi connectivity index (χ1) is 68.5. The van der Waals surface area contributed by atoms with Crippen molar-refractivity contribution in [3.05, 3.63) is 192 Å². The van der Waals surface area contributed by atoms with E-state index in [1.165, 1.54) is 61.8 Å². The number of fused-ring (bicyclic) bond motifs is 12. The second kappa shape index (κ2) is 38.4. The number of nitrogens with one attached hydrogen (secondary N) is 4. The van der Waals surface area contributed by atoms with Gasteiger partial charge in [-0.15, -0.1) is 0 Å². The minimum absolute atomic E-state index is 0.0265. The molecule has 4 spiro atoms. The van der Waals surface area contributed by atoms with E-state index in [0.717, 1.165) is 99.9 Å². The van der Waals surface area contributed by atoms with Crippen molar-refractivity contribution < 1.29 is 76.4 Å². The van der Waals surface area contributed by atoms with Gasteiger partial charge in [0.15, 0.2) is 0 Å². The number of hydrogen-bond acceptors (Lipinski definition) is 20. The second-order valence-corrected chi connectivity index (χ2v) is 47.5. The lowest BCUT2D eigenvalue weighted by molar-refractivity contribution is -0.141. The van der Waals surface area contributed by atoms with E-state index in [1.807, 2.05) is 141 Å². The van der Waals surface area contributed by atoms with Crippen LogP contribution in [0.3, 0.4) is 0 Å². The van der Waals surface area contributed by atoms with Gasteiger partial charge in [-0.05, 0) is 184 Å². The Kier molecular flexibility index (Phi) is 27.1. The number of esters is 2. The van der Waals surface area contributed by atoms with Crippen LogP contribution in [0.15, 0.2) is 190 Å². The molecular weight excluding hydrogens is 1820 g/mol. The van der Waals surface area contributed by atoms with E-state index in [2.05, 4.69) is 183 Å². The number of benzene rings is 4. The van der Waals surface area contributed by atoms with Crippen LogP contribution in [0.2, 0.25) is 0 Å². The predicted molar refractivity (Wildman–Crippen MR) is 546 cm³/mol. The molecule has 28 nitrogen and oxygen atoms in total. The molecule has 8 amide bonds. The summed E-state index contributed by atoms with van der Waals surface area (Å²) >= 11 is 0.